The van der Waals surface area contributed by atoms with Crippen LogP contribution in [0.4, 0.5) is 0 Å². The molecule has 0 radical (unpaired) electrons. The second-order valence-corrected chi connectivity index (χ2v) is 7.18. The second kappa shape index (κ2) is 4.20. The zero-order chi connectivity index (χ0) is 12.8. The highest BCUT2D eigenvalue weighted by atomic mass is 35.5. The predicted octanol–water partition coefficient (Wildman–Crippen LogP) is 1.67. The van der Waals surface area contributed by atoms with E-state index in [-0.39, 0.29) is 17.4 Å². The van der Waals surface area contributed by atoms with Crippen molar-refractivity contribution in [3.8, 4) is 0 Å². The van der Waals surface area contributed by atoms with E-state index in [9.17, 15) is 8.42 Å². The lowest BCUT2D eigenvalue weighted by Crippen LogP contribution is -2.24. The highest BCUT2D eigenvalue weighted by Gasteiger charge is 2.28. The Morgan fingerprint density at radius 1 is 1.44 bits per heavy atom. The fourth-order valence-corrected chi connectivity index (χ4v) is 4.19. The Morgan fingerprint density at radius 3 is 3.00 bits per heavy atom. The quantitative estimate of drug-likeness (QED) is 0.799. The minimum atomic E-state index is -2.95. The van der Waals surface area contributed by atoms with Crippen molar-refractivity contribution in [2.75, 3.05) is 11.5 Å². The van der Waals surface area contributed by atoms with E-state index >= 15 is 0 Å². The van der Waals surface area contributed by atoms with E-state index in [2.05, 4.69) is 10.1 Å². The molecule has 0 aliphatic carbocycles. The number of sulfone groups is 1. The van der Waals surface area contributed by atoms with E-state index in [1.807, 2.05) is 0 Å². The van der Waals surface area contributed by atoms with Crippen molar-refractivity contribution in [3.63, 3.8) is 0 Å². The first kappa shape index (κ1) is 11.9. The number of halogens is 1. The monoisotopic (exact) mass is 285 g/mol. The van der Waals surface area contributed by atoms with Gasteiger partial charge in [0.1, 0.15) is 0 Å². The summed E-state index contributed by atoms with van der Waals surface area (Å²) in [5, 5.41) is 4.84. The average Bonchev–Trinajstić information content (AvgIpc) is 2.73. The lowest BCUT2D eigenvalue weighted by Gasteiger charge is -2.18. The molecule has 1 saturated heterocycles. The first-order valence-electron chi connectivity index (χ1n) is 5.76. The van der Waals surface area contributed by atoms with E-state index in [1.54, 1.807) is 22.8 Å². The van der Waals surface area contributed by atoms with Crippen LogP contribution >= 0.6 is 11.6 Å². The van der Waals surface area contributed by atoms with E-state index < -0.39 is 9.84 Å². The topological polar surface area (TPSA) is 64.3 Å². The summed E-state index contributed by atoms with van der Waals surface area (Å²) >= 11 is 6.02. The average molecular weight is 286 g/mol. The Hall–Kier alpha value is -1.14. The van der Waals surface area contributed by atoms with Crippen molar-refractivity contribution in [3.05, 3.63) is 29.2 Å². The normalized spacial score (nSPS) is 23.3. The molecule has 0 saturated carbocycles. The van der Waals surface area contributed by atoms with Crippen molar-refractivity contribution < 1.29 is 8.42 Å². The molecular weight excluding hydrogens is 274 g/mol. The van der Waals surface area contributed by atoms with Gasteiger partial charge in [0.05, 0.1) is 16.5 Å². The maximum atomic E-state index is 11.6. The number of nitrogens with zero attached hydrogens (tertiary/aromatic N) is 3. The van der Waals surface area contributed by atoms with Crippen LogP contribution in [0.15, 0.2) is 18.3 Å². The number of fused-ring (bicyclic) bond motifs is 1. The molecule has 3 heterocycles. The van der Waals surface area contributed by atoms with Gasteiger partial charge in [-0.15, -0.1) is 0 Å². The van der Waals surface area contributed by atoms with Gasteiger partial charge in [-0.1, -0.05) is 11.6 Å². The molecule has 1 unspecified atom stereocenters. The largest absolute Gasteiger partial charge is 0.229 e. The van der Waals surface area contributed by atoms with E-state index in [4.69, 9.17) is 11.6 Å². The summed E-state index contributed by atoms with van der Waals surface area (Å²) in [6.07, 6.45) is 3.25. The third-order valence-electron chi connectivity index (χ3n) is 3.16. The summed E-state index contributed by atoms with van der Waals surface area (Å²) in [6.45, 7) is 0. The number of hydrogen-bond donors (Lipinski definition) is 0. The minimum Gasteiger partial charge on any atom is -0.229 e. The molecule has 1 atom stereocenters. The fourth-order valence-electron chi connectivity index (χ4n) is 2.29. The van der Waals surface area contributed by atoms with Crippen molar-refractivity contribution >= 4 is 27.1 Å². The van der Waals surface area contributed by atoms with Gasteiger partial charge in [-0.3, -0.25) is 0 Å². The maximum absolute atomic E-state index is 11.6. The second-order valence-electron chi connectivity index (χ2n) is 4.55. The van der Waals surface area contributed by atoms with E-state index in [0.29, 0.717) is 22.9 Å². The summed E-state index contributed by atoms with van der Waals surface area (Å²) in [5.74, 6) is 0.880. The molecule has 0 bridgehead atoms. The Morgan fingerprint density at radius 2 is 2.28 bits per heavy atom. The van der Waals surface area contributed by atoms with Gasteiger partial charge in [-0.25, -0.2) is 17.9 Å². The van der Waals surface area contributed by atoms with Gasteiger partial charge in [-0.2, -0.15) is 5.10 Å². The lowest BCUT2D eigenvalue weighted by atomic mass is 10.1. The van der Waals surface area contributed by atoms with Gasteiger partial charge in [0, 0.05) is 12.1 Å². The van der Waals surface area contributed by atoms with Crippen LogP contribution in [0.25, 0.3) is 5.65 Å². The number of pyridine rings is 1. The lowest BCUT2D eigenvalue weighted by molar-refractivity contribution is 0.543. The zero-order valence-electron chi connectivity index (χ0n) is 9.58. The van der Waals surface area contributed by atoms with Crippen LogP contribution in [0.5, 0.6) is 0 Å². The van der Waals surface area contributed by atoms with Crippen LogP contribution in [-0.4, -0.2) is 34.5 Å². The Balaban J connectivity index is 2.02. The van der Waals surface area contributed by atoms with Crippen molar-refractivity contribution in [2.24, 2.45) is 0 Å². The Bertz CT molecular complexity index is 695. The van der Waals surface area contributed by atoms with Crippen LogP contribution in [0.3, 0.4) is 0 Å². The Kier molecular flexibility index (Phi) is 2.79. The van der Waals surface area contributed by atoms with E-state index in [0.717, 1.165) is 6.42 Å². The van der Waals surface area contributed by atoms with Gasteiger partial charge in [-0.05, 0) is 25.0 Å². The summed E-state index contributed by atoms with van der Waals surface area (Å²) in [7, 11) is -2.95. The van der Waals surface area contributed by atoms with Crippen molar-refractivity contribution in [2.45, 2.75) is 18.8 Å². The van der Waals surface area contributed by atoms with Gasteiger partial charge >= 0.3 is 0 Å². The molecule has 0 aromatic carbocycles. The highest BCUT2D eigenvalue weighted by Crippen LogP contribution is 2.27. The van der Waals surface area contributed by atoms with Crippen LogP contribution in [0.1, 0.15) is 24.6 Å². The van der Waals surface area contributed by atoms with Gasteiger partial charge in [0.2, 0.25) is 0 Å². The maximum Gasteiger partial charge on any atom is 0.174 e. The first-order valence-corrected chi connectivity index (χ1v) is 7.96. The molecule has 0 spiro atoms. The molecule has 2 aromatic heterocycles. The van der Waals surface area contributed by atoms with Crippen molar-refractivity contribution in [1.29, 1.82) is 0 Å². The molecule has 0 amide bonds. The van der Waals surface area contributed by atoms with Crippen LogP contribution in [0.2, 0.25) is 5.02 Å². The SMILES string of the molecule is O=S1(=O)CCCC(c2nc3c(Cl)cccn3n2)C1. The summed E-state index contributed by atoms with van der Waals surface area (Å²) in [4.78, 5) is 4.36. The van der Waals surface area contributed by atoms with E-state index in [1.165, 1.54) is 0 Å². The minimum absolute atomic E-state index is 0.111. The van der Waals surface area contributed by atoms with Gasteiger partial charge in [0.25, 0.3) is 0 Å². The number of rotatable bonds is 1. The summed E-state index contributed by atoms with van der Waals surface area (Å²) < 4.78 is 24.9. The third kappa shape index (κ3) is 2.10. The molecular formula is C11H12ClN3O2S. The molecule has 1 aliphatic heterocycles. The molecule has 1 aliphatic rings. The molecule has 1 fully saturated rings. The number of hydrogen-bond acceptors (Lipinski definition) is 4. The van der Waals surface area contributed by atoms with Crippen LogP contribution in [-0.2, 0) is 9.84 Å². The third-order valence-corrected chi connectivity index (χ3v) is 5.28. The van der Waals surface area contributed by atoms with Gasteiger partial charge in [0.15, 0.2) is 21.3 Å². The molecule has 5 nitrogen and oxygen atoms in total. The molecule has 3 rings (SSSR count). The van der Waals surface area contributed by atoms with Crippen LogP contribution in [0, 0.1) is 0 Å². The summed E-state index contributed by atoms with van der Waals surface area (Å²) in [5.41, 5.74) is 0.581. The van der Waals surface area contributed by atoms with Gasteiger partial charge < -0.3 is 0 Å². The Labute approximate surface area is 110 Å². The number of aromatic nitrogens is 3. The fraction of sp³-hybridized carbons (Fsp3) is 0.455. The first-order chi connectivity index (χ1) is 8.55. The molecule has 7 heteroatoms. The molecule has 96 valence electrons. The zero-order valence-corrected chi connectivity index (χ0v) is 11.2. The highest BCUT2D eigenvalue weighted by molar-refractivity contribution is 7.91. The standard InChI is InChI=1S/C11H12ClN3O2S/c12-9-4-1-5-15-11(9)13-10(14-15)8-3-2-6-18(16,17)7-8/h1,4-5,8H,2-3,6-7H2. The van der Waals surface area contributed by atoms with Crippen LogP contribution < -0.4 is 0 Å². The summed E-state index contributed by atoms with van der Waals surface area (Å²) in [6, 6.07) is 3.53. The molecule has 18 heavy (non-hydrogen) atoms. The van der Waals surface area contributed by atoms with Crippen molar-refractivity contribution in [1.82, 2.24) is 14.6 Å². The molecule has 0 N–H and O–H groups in total. The predicted molar refractivity (Wildman–Crippen MR) is 68.6 cm³/mol. The molecule has 2 aromatic rings. The smallest absolute Gasteiger partial charge is 0.174 e.